The van der Waals surface area contributed by atoms with Crippen molar-refractivity contribution >= 4 is 5.97 Å². The summed E-state index contributed by atoms with van der Waals surface area (Å²) >= 11 is 0. The van der Waals surface area contributed by atoms with Gasteiger partial charge in [0.1, 0.15) is 6.10 Å². The molecule has 0 saturated carbocycles. The fourth-order valence-corrected chi connectivity index (χ4v) is 2.46. The monoisotopic (exact) mass is 426 g/mol. The van der Waals surface area contributed by atoms with Crippen molar-refractivity contribution in [3.63, 3.8) is 0 Å². The summed E-state index contributed by atoms with van der Waals surface area (Å²) < 4.78 is 4.81. The first-order valence-corrected chi connectivity index (χ1v) is 10.6. The van der Waals surface area contributed by atoms with Gasteiger partial charge in [0.25, 0.3) is 0 Å². The second kappa shape index (κ2) is 19.2. The topological polar surface area (TPSA) is 127 Å². The molecule has 0 radical (unpaired) electrons. The van der Waals surface area contributed by atoms with Gasteiger partial charge in [-0.2, -0.15) is 0 Å². The van der Waals surface area contributed by atoms with E-state index >= 15 is 0 Å². The van der Waals surface area contributed by atoms with Gasteiger partial charge in [0.15, 0.2) is 0 Å². The maximum atomic E-state index is 11.5. The molecule has 30 heavy (non-hydrogen) atoms. The summed E-state index contributed by atoms with van der Waals surface area (Å²) in [7, 11) is 0. The zero-order valence-electron chi connectivity index (χ0n) is 17.8. The summed E-state index contributed by atoms with van der Waals surface area (Å²) in [6, 6.07) is 0. The van der Waals surface area contributed by atoms with E-state index in [2.05, 4.69) is 6.92 Å². The minimum absolute atomic E-state index is 0.0233. The van der Waals surface area contributed by atoms with Crippen molar-refractivity contribution in [2.24, 2.45) is 0 Å². The van der Waals surface area contributed by atoms with E-state index in [1.54, 1.807) is 42.5 Å². The Labute approximate surface area is 179 Å². The second-order valence-corrected chi connectivity index (χ2v) is 7.03. The van der Waals surface area contributed by atoms with Gasteiger partial charge in [-0.25, -0.2) is 0 Å². The molecule has 0 amide bonds. The van der Waals surface area contributed by atoms with E-state index in [4.69, 9.17) is 14.9 Å². The largest absolute Gasteiger partial charge is 0.457 e. The Hall–Kier alpha value is -1.77. The predicted octanol–water partition coefficient (Wildman–Crippen LogP) is 1.94. The summed E-state index contributed by atoms with van der Waals surface area (Å²) in [6.45, 7) is 1.22. The summed E-state index contributed by atoms with van der Waals surface area (Å²) in [4.78, 5) is 11.5. The van der Waals surface area contributed by atoms with Crippen LogP contribution >= 0.6 is 0 Å². The number of ether oxygens (including phenoxy) is 1. The third kappa shape index (κ3) is 16.1. The third-order valence-corrected chi connectivity index (χ3v) is 4.28. The zero-order valence-corrected chi connectivity index (χ0v) is 17.8. The van der Waals surface area contributed by atoms with Crippen LogP contribution in [0.25, 0.3) is 0 Å². The van der Waals surface area contributed by atoms with Gasteiger partial charge in [-0.15, -0.1) is 0 Å². The molecule has 5 N–H and O–H groups in total. The molecule has 0 saturated heterocycles. The molecule has 0 fully saturated rings. The van der Waals surface area contributed by atoms with Crippen molar-refractivity contribution in [3.05, 3.63) is 48.6 Å². The van der Waals surface area contributed by atoms with Gasteiger partial charge in [0.05, 0.1) is 31.5 Å². The Morgan fingerprint density at radius 1 is 0.833 bits per heavy atom. The highest BCUT2D eigenvalue weighted by molar-refractivity contribution is 5.69. The molecular formula is C23H38O7. The van der Waals surface area contributed by atoms with Crippen molar-refractivity contribution in [1.82, 2.24) is 0 Å². The molecule has 0 aliphatic rings. The number of unbranched alkanes of at least 4 members (excludes halogenated alkanes) is 2. The van der Waals surface area contributed by atoms with Crippen LogP contribution in [0.1, 0.15) is 51.9 Å². The standard InChI is InChI=1S/C23H38O7/c1-2-3-8-12-19(26)13-9-6-4-5-7-10-14-21(27)22(28)15-11-16-23(29)30-20(17-24)18-25/h4-7,9-10,13-14,19-22,24-28H,2-3,8,11-12,15-18H2,1H3/b6-4-,7-5+,13-9+,14-10+/t19-,21-,22-/m0/s1. The summed E-state index contributed by atoms with van der Waals surface area (Å²) in [5, 5.41) is 47.2. The Bertz CT molecular complexity index is 536. The highest BCUT2D eigenvalue weighted by Crippen LogP contribution is 2.08. The molecule has 0 aromatic heterocycles. The molecule has 172 valence electrons. The van der Waals surface area contributed by atoms with E-state index in [1.165, 1.54) is 6.08 Å². The van der Waals surface area contributed by atoms with Crippen LogP contribution in [-0.4, -0.2) is 69.1 Å². The smallest absolute Gasteiger partial charge is 0.306 e. The summed E-state index contributed by atoms with van der Waals surface area (Å²) in [5.41, 5.74) is 0. The van der Waals surface area contributed by atoms with Gasteiger partial charge >= 0.3 is 5.97 Å². The van der Waals surface area contributed by atoms with Gasteiger partial charge < -0.3 is 30.3 Å². The number of hydrogen-bond donors (Lipinski definition) is 5. The first-order valence-electron chi connectivity index (χ1n) is 10.6. The molecule has 7 heteroatoms. The molecule has 0 unspecified atom stereocenters. The number of allylic oxidation sites excluding steroid dienone is 6. The average molecular weight is 427 g/mol. The number of aliphatic hydroxyl groups excluding tert-OH is 5. The minimum Gasteiger partial charge on any atom is -0.457 e. The number of esters is 1. The quantitative estimate of drug-likeness (QED) is 0.137. The highest BCUT2D eigenvalue weighted by Gasteiger charge is 2.15. The Morgan fingerprint density at radius 2 is 1.43 bits per heavy atom. The molecule has 0 rings (SSSR count). The van der Waals surface area contributed by atoms with Crippen LogP contribution in [0.4, 0.5) is 0 Å². The van der Waals surface area contributed by atoms with E-state index in [0.717, 1.165) is 25.7 Å². The normalized spacial score (nSPS) is 15.7. The minimum atomic E-state index is -1.06. The Kier molecular flexibility index (Phi) is 18.1. The van der Waals surface area contributed by atoms with Crippen LogP contribution in [0.3, 0.4) is 0 Å². The van der Waals surface area contributed by atoms with Crippen molar-refractivity contribution in [1.29, 1.82) is 0 Å². The van der Waals surface area contributed by atoms with E-state index in [-0.39, 0.29) is 12.8 Å². The van der Waals surface area contributed by atoms with Crippen molar-refractivity contribution in [2.45, 2.75) is 76.3 Å². The lowest BCUT2D eigenvalue weighted by Crippen LogP contribution is -2.26. The van der Waals surface area contributed by atoms with Crippen LogP contribution in [0.5, 0.6) is 0 Å². The van der Waals surface area contributed by atoms with E-state index < -0.39 is 43.6 Å². The lowest BCUT2D eigenvalue weighted by Gasteiger charge is -2.15. The number of aliphatic hydroxyl groups is 5. The second-order valence-electron chi connectivity index (χ2n) is 7.03. The maximum Gasteiger partial charge on any atom is 0.306 e. The van der Waals surface area contributed by atoms with Crippen LogP contribution in [0.15, 0.2) is 48.6 Å². The van der Waals surface area contributed by atoms with Crippen molar-refractivity contribution < 1.29 is 35.1 Å². The predicted molar refractivity (Wildman–Crippen MR) is 117 cm³/mol. The third-order valence-electron chi connectivity index (χ3n) is 4.28. The fourth-order valence-electron chi connectivity index (χ4n) is 2.46. The molecule has 0 aromatic carbocycles. The van der Waals surface area contributed by atoms with E-state index in [0.29, 0.717) is 6.42 Å². The van der Waals surface area contributed by atoms with Gasteiger partial charge in [-0.05, 0) is 19.3 Å². The zero-order chi connectivity index (χ0) is 22.6. The Morgan fingerprint density at radius 3 is 2.03 bits per heavy atom. The highest BCUT2D eigenvalue weighted by atomic mass is 16.6. The molecule has 0 spiro atoms. The van der Waals surface area contributed by atoms with Gasteiger partial charge in [-0.3, -0.25) is 4.79 Å². The van der Waals surface area contributed by atoms with E-state index in [1.807, 2.05) is 0 Å². The van der Waals surface area contributed by atoms with Crippen LogP contribution in [0.2, 0.25) is 0 Å². The molecular weight excluding hydrogens is 388 g/mol. The lowest BCUT2D eigenvalue weighted by molar-refractivity contribution is -0.153. The molecule has 0 aromatic rings. The molecule has 3 atom stereocenters. The van der Waals surface area contributed by atoms with Gasteiger partial charge in [0, 0.05) is 6.42 Å². The van der Waals surface area contributed by atoms with Crippen LogP contribution in [-0.2, 0) is 9.53 Å². The fraction of sp³-hybridized carbons (Fsp3) is 0.609. The Balaban J connectivity index is 4.05. The number of carbonyl (C=O) groups excluding carboxylic acids is 1. The first-order chi connectivity index (χ1) is 14.4. The number of hydrogen-bond acceptors (Lipinski definition) is 7. The summed E-state index contributed by atoms with van der Waals surface area (Å²) in [5.74, 6) is -0.572. The molecule has 7 nitrogen and oxygen atoms in total. The first kappa shape index (κ1) is 28.2. The molecule has 0 aliphatic carbocycles. The SMILES string of the molecule is CCCCC[C@H](O)/C=C/C=C\C=C\C=C\[C@H](O)[C@@H](O)CCCC(=O)OC(CO)CO. The number of carbonyl (C=O) groups is 1. The molecule has 0 aliphatic heterocycles. The van der Waals surface area contributed by atoms with Crippen molar-refractivity contribution in [2.75, 3.05) is 13.2 Å². The van der Waals surface area contributed by atoms with E-state index in [9.17, 15) is 20.1 Å². The average Bonchev–Trinajstić information content (AvgIpc) is 2.73. The van der Waals surface area contributed by atoms with Crippen LogP contribution < -0.4 is 0 Å². The lowest BCUT2D eigenvalue weighted by atomic mass is 10.1. The van der Waals surface area contributed by atoms with Gasteiger partial charge in [0.2, 0.25) is 0 Å². The molecule has 0 bridgehead atoms. The maximum absolute atomic E-state index is 11.5. The van der Waals surface area contributed by atoms with Crippen LogP contribution in [0, 0.1) is 0 Å². The van der Waals surface area contributed by atoms with Gasteiger partial charge in [-0.1, -0.05) is 74.8 Å². The number of rotatable bonds is 17. The summed E-state index contributed by atoms with van der Waals surface area (Å²) in [6.07, 6.45) is 14.8. The van der Waals surface area contributed by atoms with Crippen molar-refractivity contribution in [3.8, 4) is 0 Å². The molecule has 0 heterocycles.